The lowest BCUT2D eigenvalue weighted by atomic mass is 10.2. The van der Waals surface area contributed by atoms with E-state index in [0.717, 1.165) is 37.6 Å². The Bertz CT molecular complexity index is 498. The van der Waals surface area contributed by atoms with Crippen molar-refractivity contribution >= 4 is 29.9 Å². The number of ether oxygens (including phenoxy) is 2. The average molecular weight is 464 g/mol. The summed E-state index contributed by atoms with van der Waals surface area (Å²) in [5.74, 6) is 1.88. The van der Waals surface area contributed by atoms with Gasteiger partial charge in [-0.15, -0.1) is 24.0 Å². The quantitative estimate of drug-likeness (QED) is 0.299. The highest BCUT2D eigenvalue weighted by atomic mass is 127. The summed E-state index contributed by atoms with van der Waals surface area (Å²) in [6.45, 7) is 8.77. The van der Waals surface area contributed by atoms with Crippen molar-refractivity contribution in [2.45, 2.75) is 20.4 Å². The first-order valence-corrected chi connectivity index (χ1v) is 8.44. The van der Waals surface area contributed by atoms with Crippen LogP contribution in [0.15, 0.2) is 29.3 Å². The van der Waals surface area contributed by atoms with Crippen molar-refractivity contribution in [3.8, 4) is 5.75 Å². The second-order valence-corrected chi connectivity index (χ2v) is 6.27. The summed E-state index contributed by atoms with van der Waals surface area (Å²) in [6, 6.07) is 7.97. The SMILES string of the molecule is COCCN(C)CCOc1cccc(CN=C(N)NCC(C)C)c1.I. The Morgan fingerprint density at radius 1 is 1.28 bits per heavy atom. The molecule has 0 aliphatic heterocycles. The van der Waals surface area contributed by atoms with E-state index in [1.54, 1.807) is 7.11 Å². The van der Waals surface area contributed by atoms with E-state index >= 15 is 0 Å². The number of hydrogen-bond acceptors (Lipinski definition) is 4. The fourth-order valence-corrected chi connectivity index (χ4v) is 1.95. The zero-order valence-corrected chi connectivity index (χ0v) is 18.2. The summed E-state index contributed by atoms with van der Waals surface area (Å²) in [6.07, 6.45) is 0. The Kier molecular flexibility index (Phi) is 13.5. The fraction of sp³-hybridized carbons (Fsp3) is 0.611. The molecule has 6 nitrogen and oxygen atoms in total. The summed E-state index contributed by atoms with van der Waals surface area (Å²) >= 11 is 0. The Labute approximate surface area is 169 Å². The lowest BCUT2D eigenvalue weighted by molar-refractivity contribution is 0.150. The topological polar surface area (TPSA) is 72.1 Å². The second kappa shape index (κ2) is 14.1. The monoisotopic (exact) mass is 464 g/mol. The molecule has 0 atom stereocenters. The molecule has 0 aliphatic rings. The van der Waals surface area contributed by atoms with Gasteiger partial charge in [-0.05, 0) is 30.7 Å². The van der Waals surface area contributed by atoms with Gasteiger partial charge >= 0.3 is 0 Å². The van der Waals surface area contributed by atoms with Gasteiger partial charge in [0.15, 0.2) is 5.96 Å². The third-order valence-electron chi connectivity index (χ3n) is 3.44. The Hall–Kier alpha value is -1.06. The van der Waals surface area contributed by atoms with Crippen molar-refractivity contribution < 1.29 is 9.47 Å². The number of benzene rings is 1. The van der Waals surface area contributed by atoms with Gasteiger partial charge < -0.3 is 25.4 Å². The minimum atomic E-state index is 0. The maximum Gasteiger partial charge on any atom is 0.188 e. The van der Waals surface area contributed by atoms with E-state index in [1.165, 1.54) is 0 Å². The zero-order chi connectivity index (χ0) is 17.8. The van der Waals surface area contributed by atoms with E-state index < -0.39 is 0 Å². The van der Waals surface area contributed by atoms with Crippen molar-refractivity contribution in [2.24, 2.45) is 16.6 Å². The molecule has 1 aromatic carbocycles. The highest BCUT2D eigenvalue weighted by Gasteiger charge is 2.01. The minimum Gasteiger partial charge on any atom is -0.492 e. The average Bonchev–Trinajstić information content (AvgIpc) is 2.56. The van der Waals surface area contributed by atoms with Crippen LogP contribution in [0.2, 0.25) is 0 Å². The van der Waals surface area contributed by atoms with Gasteiger partial charge in [0.05, 0.1) is 13.2 Å². The molecule has 0 heterocycles. The highest BCUT2D eigenvalue weighted by molar-refractivity contribution is 14.0. The molecule has 0 aromatic heterocycles. The maximum atomic E-state index is 5.85. The summed E-state index contributed by atoms with van der Waals surface area (Å²) in [7, 11) is 3.77. The van der Waals surface area contributed by atoms with Gasteiger partial charge in [0.1, 0.15) is 12.4 Å². The number of nitrogens with two attached hydrogens (primary N) is 1. The van der Waals surface area contributed by atoms with Crippen LogP contribution < -0.4 is 15.8 Å². The first-order valence-electron chi connectivity index (χ1n) is 8.44. The number of likely N-dealkylation sites (N-methyl/N-ethyl adjacent to an activating group) is 1. The third-order valence-corrected chi connectivity index (χ3v) is 3.44. The van der Waals surface area contributed by atoms with Gasteiger partial charge in [0, 0.05) is 26.7 Å². The van der Waals surface area contributed by atoms with Crippen molar-refractivity contribution in [1.82, 2.24) is 10.2 Å². The number of nitrogens with one attached hydrogen (secondary N) is 1. The normalized spacial score (nSPS) is 11.5. The molecule has 0 fully saturated rings. The van der Waals surface area contributed by atoms with E-state index in [4.69, 9.17) is 15.2 Å². The molecule has 1 rings (SSSR count). The standard InChI is InChI=1S/C18H32N4O2.HI/c1-15(2)13-20-18(19)21-14-16-6-5-7-17(12-16)24-11-9-22(3)8-10-23-4;/h5-7,12,15H,8-11,13-14H2,1-4H3,(H3,19,20,21);1H. The Balaban J connectivity index is 0.00000576. The summed E-state index contributed by atoms with van der Waals surface area (Å²) in [5, 5.41) is 3.11. The highest BCUT2D eigenvalue weighted by Crippen LogP contribution is 2.14. The molecule has 7 heteroatoms. The first-order chi connectivity index (χ1) is 11.5. The Morgan fingerprint density at radius 3 is 2.68 bits per heavy atom. The maximum absolute atomic E-state index is 5.85. The number of halogens is 1. The van der Waals surface area contributed by atoms with Crippen LogP contribution in [-0.4, -0.2) is 57.9 Å². The van der Waals surface area contributed by atoms with Gasteiger partial charge in [-0.3, -0.25) is 0 Å². The molecule has 0 saturated carbocycles. The fourth-order valence-electron chi connectivity index (χ4n) is 1.95. The molecule has 25 heavy (non-hydrogen) atoms. The lowest BCUT2D eigenvalue weighted by Gasteiger charge is -2.16. The van der Waals surface area contributed by atoms with E-state index in [9.17, 15) is 0 Å². The molecule has 0 saturated heterocycles. The number of aliphatic imine (C=N–C) groups is 1. The number of guanidine groups is 1. The van der Waals surface area contributed by atoms with E-state index in [-0.39, 0.29) is 24.0 Å². The van der Waals surface area contributed by atoms with Crippen LogP contribution in [0.3, 0.4) is 0 Å². The predicted octanol–water partition coefficient (Wildman–Crippen LogP) is 2.32. The van der Waals surface area contributed by atoms with Crippen LogP contribution >= 0.6 is 24.0 Å². The predicted molar refractivity (Wildman–Crippen MR) is 115 cm³/mol. The van der Waals surface area contributed by atoms with Crippen molar-refractivity contribution in [3.05, 3.63) is 29.8 Å². The molecule has 1 aromatic rings. The molecular formula is C18H33IN4O2. The van der Waals surface area contributed by atoms with Gasteiger partial charge in [-0.1, -0.05) is 26.0 Å². The van der Waals surface area contributed by atoms with E-state index in [1.807, 2.05) is 24.3 Å². The molecule has 0 unspecified atom stereocenters. The number of nitrogens with zero attached hydrogens (tertiary/aromatic N) is 2. The van der Waals surface area contributed by atoms with Gasteiger partial charge in [-0.25, -0.2) is 4.99 Å². The first kappa shape index (κ1) is 23.9. The van der Waals surface area contributed by atoms with Crippen LogP contribution in [0.5, 0.6) is 5.75 Å². The molecule has 0 spiro atoms. The summed E-state index contributed by atoms with van der Waals surface area (Å²) < 4.78 is 10.9. The zero-order valence-electron chi connectivity index (χ0n) is 15.8. The third kappa shape index (κ3) is 12.0. The summed E-state index contributed by atoms with van der Waals surface area (Å²) in [4.78, 5) is 6.53. The second-order valence-electron chi connectivity index (χ2n) is 6.27. The van der Waals surface area contributed by atoms with Crippen LogP contribution in [0.25, 0.3) is 0 Å². The lowest BCUT2D eigenvalue weighted by Crippen LogP contribution is -2.34. The van der Waals surface area contributed by atoms with Crippen molar-refractivity contribution in [3.63, 3.8) is 0 Å². The van der Waals surface area contributed by atoms with Gasteiger partial charge in [0.25, 0.3) is 0 Å². The summed E-state index contributed by atoms with van der Waals surface area (Å²) in [5.41, 5.74) is 6.93. The molecule has 0 bridgehead atoms. The number of hydrogen-bond donors (Lipinski definition) is 2. The van der Waals surface area contributed by atoms with Gasteiger partial charge in [-0.2, -0.15) is 0 Å². The van der Waals surface area contributed by atoms with Crippen molar-refractivity contribution in [1.29, 1.82) is 0 Å². The molecule has 0 amide bonds. The van der Waals surface area contributed by atoms with Crippen LogP contribution in [0.4, 0.5) is 0 Å². The van der Waals surface area contributed by atoms with Gasteiger partial charge in [0.2, 0.25) is 0 Å². The van der Waals surface area contributed by atoms with Crippen molar-refractivity contribution in [2.75, 3.05) is 47.0 Å². The van der Waals surface area contributed by atoms with E-state index in [2.05, 4.69) is 36.1 Å². The Morgan fingerprint density at radius 2 is 2.00 bits per heavy atom. The number of methoxy groups -OCH3 is 1. The molecule has 144 valence electrons. The van der Waals surface area contributed by atoms with Crippen LogP contribution in [0.1, 0.15) is 19.4 Å². The molecule has 0 aliphatic carbocycles. The molecular weight excluding hydrogens is 431 g/mol. The number of rotatable bonds is 11. The molecule has 3 N–H and O–H groups in total. The minimum absolute atomic E-state index is 0. The van der Waals surface area contributed by atoms with Crippen LogP contribution in [-0.2, 0) is 11.3 Å². The largest absolute Gasteiger partial charge is 0.492 e. The smallest absolute Gasteiger partial charge is 0.188 e. The molecule has 0 radical (unpaired) electrons. The van der Waals surface area contributed by atoms with E-state index in [0.29, 0.717) is 25.0 Å². The van der Waals surface area contributed by atoms with Crippen LogP contribution in [0, 0.1) is 5.92 Å².